The van der Waals surface area contributed by atoms with Crippen LogP contribution in [0.3, 0.4) is 0 Å². The lowest BCUT2D eigenvalue weighted by Crippen LogP contribution is -2.38. The van der Waals surface area contributed by atoms with Crippen LogP contribution in [0, 0.1) is 0 Å². The molecule has 0 saturated heterocycles. The Kier molecular flexibility index (Phi) is 9.05. The number of thiazole rings is 1. The number of allylic oxidation sites excluding steroid dienone is 1. The average Bonchev–Trinajstić information content (AvgIpc) is 3.41. The number of hydrogen-bond donors (Lipinski definition) is 0. The number of aromatic nitrogens is 1. The van der Waals surface area contributed by atoms with E-state index in [1.165, 1.54) is 16.9 Å². The summed E-state index contributed by atoms with van der Waals surface area (Å²) in [5.74, 6) is 2.38. The topological polar surface area (TPSA) is 71.3 Å². The number of benzene rings is 4. The second kappa shape index (κ2) is 13.5. The van der Waals surface area contributed by atoms with E-state index in [4.69, 9.17) is 47.1 Å². The molecule has 2 heterocycles. The minimum atomic E-state index is -0.346. The zero-order chi connectivity index (χ0) is 33.4. The van der Waals surface area contributed by atoms with Gasteiger partial charge in [0.1, 0.15) is 6.61 Å². The van der Waals surface area contributed by atoms with Crippen molar-refractivity contribution in [2.24, 2.45) is 4.99 Å². The molecule has 0 radical (unpaired) electrons. The van der Waals surface area contributed by atoms with Crippen molar-refractivity contribution in [1.82, 2.24) is 4.57 Å². The van der Waals surface area contributed by atoms with E-state index in [0.717, 1.165) is 46.4 Å². The fraction of sp³-hybridized carbons (Fsp3) is 0.211. The molecule has 0 N–H and O–H groups in total. The molecule has 0 saturated carbocycles. The first kappa shape index (κ1) is 32.1. The molecule has 1 aliphatic heterocycles. The highest BCUT2D eigenvalue weighted by Crippen LogP contribution is 2.43. The van der Waals surface area contributed by atoms with Gasteiger partial charge in [0, 0.05) is 21.2 Å². The SMILES string of the molecule is CCOc1cc(/C=c2\sc3n(c2=O)[C@@H](c2ccc(OC)c(OC)c2)C2=C(N=3)c3ccccc3CC2)ccc1OCc1ccc(Cl)cc1Cl. The lowest BCUT2D eigenvalue weighted by atomic mass is 9.83. The maximum atomic E-state index is 14.3. The van der Waals surface area contributed by atoms with E-state index in [1.807, 2.05) is 66.1 Å². The third-order valence-electron chi connectivity index (χ3n) is 8.56. The van der Waals surface area contributed by atoms with Crippen LogP contribution in [-0.4, -0.2) is 25.4 Å². The highest BCUT2D eigenvalue weighted by atomic mass is 35.5. The van der Waals surface area contributed by atoms with E-state index in [9.17, 15) is 4.79 Å². The summed E-state index contributed by atoms with van der Waals surface area (Å²) >= 11 is 13.8. The zero-order valence-corrected chi connectivity index (χ0v) is 28.9. The molecule has 244 valence electrons. The minimum Gasteiger partial charge on any atom is -0.493 e. The molecule has 48 heavy (non-hydrogen) atoms. The number of ether oxygens (including phenoxy) is 4. The van der Waals surface area contributed by atoms with Gasteiger partial charge in [-0.25, -0.2) is 4.99 Å². The summed E-state index contributed by atoms with van der Waals surface area (Å²) in [6, 6.07) is 24.8. The van der Waals surface area contributed by atoms with Gasteiger partial charge in [-0.05, 0) is 84.5 Å². The van der Waals surface area contributed by atoms with E-state index in [0.29, 0.717) is 49.0 Å². The first-order chi connectivity index (χ1) is 23.4. The van der Waals surface area contributed by atoms with Gasteiger partial charge in [0.2, 0.25) is 0 Å². The van der Waals surface area contributed by atoms with Crippen molar-refractivity contribution >= 4 is 46.3 Å². The van der Waals surface area contributed by atoms with Crippen molar-refractivity contribution in [3.05, 3.63) is 142 Å². The lowest BCUT2D eigenvalue weighted by molar-refractivity contribution is 0.269. The maximum absolute atomic E-state index is 14.3. The third kappa shape index (κ3) is 6.00. The van der Waals surface area contributed by atoms with Crippen LogP contribution >= 0.6 is 34.5 Å². The van der Waals surface area contributed by atoms with Gasteiger partial charge < -0.3 is 18.9 Å². The van der Waals surface area contributed by atoms with Crippen molar-refractivity contribution < 1.29 is 18.9 Å². The van der Waals surface area contributed by atoms with Crippen molar-refractivity contribution in [2.75, 3.05) is 20.8 Å². The van der Waals surface area contributed by atoms with Crippen molar-refractivity contribution in [1.29, 1.82) is 0 Å². The monoisotopic (exact) mass is 698 g/mol. The molecule has 0 bridgehead atoms. The van der Waals surface area contributed by atoms with Gasteiger partial charge in [-0.2, -0.15) is 0 Å². The van der Waals surface area contributed by atoms with Crippen LogP contribution in [0.4, 0.5) is 0 Å². The van der Waals surface area contributed by atoms with Gasteiger partial charge in [0.25, 0.3) is 5.56 Å². The molecule has 1 atom stereocenters. The molecule has 7 rings (SSSR count). The summed E-state index contributed by atoms with van der Waals surface area (Å²) in [7, 11) is 3.23. The standard InChI is InChI=1S/C38H32Cl2N2O5S/c1-4-46-33-17-22(9-15-31(33)47-21-25-10-13-26(39)20-29(25)40)18-34-37(43)42-36(24-12-16-30(44-2)32(19-24)45-3)28-14-11-23-7-5-6-8-27(23)35(28)41-38(42)48-34/h5-10,12-13,15-20,36H,4,11,14,21H2,1-3H3/b34-18-/t36-/m0/s1. The molecule has 0 spiro atoms. The average molecular weight is 700 g/mol. The first-order valence-electron chi connectivity index (χ1n) is 15.6. The lowest BCUT2D eigenvalue weighted by Gasteiger charge is -2.31. The summed E-state index contributed by atoms with van der Waals surface area (Å²) in [4.78, 5) is 20.1. The Morgan fingerprint density at radius 3 is 2.50 bits per heavy atom. The van der Waals surface area contributed by atoms with Crippen LogP contribution < -0.4 is 33.8 Å². The highest BCUT2D eigenvalue weighted by molar-refractivity contribution is 7.07. The van der Waals surface area contributed by atoms with Gasteiger partial charge >= 0.3 is 0 Å². The molecule has 0 amide bonds. The maximum Gasteiger partial charge on any atom is 0.271 e. The van der Waals surface area contributed by atoms with Crippen molar-refractivity contribution in [3.63, 3.8) is 0 Å². The summed E-state index contributed by atoms with van der Waals surface area (Å²) in [6.45, 7) is 2.61. The number of aryl methyl sites for hydroxylation is 1. The number of hydrogen-bond acceptors (Lipinski definition) is 7. The predicted octanol–water partition coefficient (Wildman–Crippen LogP) is 7.62. The molecule has 10 heteroatoms. The molecule has 1 aromatic heterocycles. The first-order valence-corrected chi connectivity index (χ1v) is 17.1. The minimum absolute atomic E-state index is 0.111. The van der Waals surface area contributed by atoms with Crippen LogP contribution in [0.25, 0.3) is 11.8 Å². The fourth-order valence-corrected chi connectivity index (χ4v) is 7.76. The van der Waals surface area contributed by atoms with E-state index in [1.54, 1.807) is 26.4 Å². The van der Waals surface area contributed by atoms with Gasteiger partial charge in [-0.3, -0.25) is 9.36 Å². The van der Waals surface area contributed by atoms with Gasteiger partial charge in [-0.15, -0.1) is 0 Å². The number of fused-ring (bicyclic) bond motifs is 3. The molecule has 4 aromatic carbocycles. The Morgan fingerprint density at radius 2 is 1.71 bits per heavy atom. The molecular formula is C38H32Cl2N2O5S. The van der Waals surface area contributed by atoms with E-state index in [2.05, 4.69) is 18.2 Å². The molecule has 2 aliphatic rings. The molecule has 7 nitrogen and oxygen atoms in total. The second-order valence-corrected chi connectivity index (χ2v) is 13.2. The van der Waals surface area contributed by atoms with Crippen LogP contribution in [0.5, 0.6) is 23.0 Å². The predicted molar refractivity (Wildman–Crippen MR) is 191 cm³/mol. The van der Waals surface area contributed by atoms with Crippen LogP contribution in [0.2, 0.25) is 10.0 Å². The second-order valence-electron chi connectivity index (χ2n) is 11.4. The summed E-state index contributed by atoms with van der Waals surface area (Å²) in [5.41, 5.74) is 6.85. The molecular weight excluding hydrogens is 667 g/mol. The summed E-state index contributed by atoms with van der Waals surface area (Å²) < 4.78 is 25.6. The normalized spacial score (nSPS) is 15.3. The van der Waals surface area contributed by atoms with Gasteiger partial charge in [-0.1, -0.05) is 77.0 Å². The van der Waals surface area contributed by atoms with E-state index in [-0.39, 0.29) is 18.2 Å². The smallest absolute Gasteiger partial charge is 0.271 e. The van der Waals surface area contributed by atoms with Gasteiger partial charge in [0.15, 0.2) is 27.8 Å². The molecule has 0 unspecified atom stereocenters. The number of halogens is 2. The third-order valence-corrected chi connectivity index (χ3v) is 10.1. The molecule has 1 aliphatic carbocycles. The van der Waals surface area contributed by atoms with Crippen molar-refractivity contribution in [2.45, 2.75) is 32.4 Å². The Morgan fingerprint density at radius 1 is 0.896 bits per heavy atom. The van der Waals surface area contributed by atoms with Crippen molar-refractivity contribution in [3.8, 4) is 23.0 Å². The zero-order valence-electron chi connectivity index (χ0n) is 26.6. The number of nitrogens with zero attached hydrogens (tertiary/aromatic N) is 2. The highest BCUT2D eigenvalue weighted by Gasteiger charge is 2.33. The number of methoxy groups -OCH3 is 2. The van der Waals surface area contributed by atoms with Crippen LogP contribution in [-0.2, 0) is 13.0 Å². The Balaban J connectivity index is 1.32. The largest absolute Gasteiger partial charge is 0.493 e. The Bertz CT molecular complexity index is 2260. The van der Waals surface area contributed by atoms with Gasteiger partial charge in [0.05, 0.1) is 37.1 Å². The quantitative estimate of drug-likeness (QED) is 0.158. The fourth-order valence-electron chi connectivity index (χ4n) is 6.29. The Hall–Kier alpha value is -4.50. The summed E-state index contributed by atoms with van der Waals surface area (Å²) in [5, 5.41) is 1.09. The van der Waals surface area contributed by atoms with Crippen LogP contribution in [0.1, 0.15) is 47.2 Å². The van der Waals surface area contributed by atoms with E-state index >= 15 is 0 Å². The molecule has 0 fully saturated rings. The van der Waals surface area contributed by atoms with Crippen LogP contribution in [0.15, 0.2) is 94.2 Å². The molecule has 5 aromatic rings. The Labute approximate surface area is 291 Å². The number of rotatable bonds is 9. The van der Waals surface area contributed by atoms with E-state index < -0.39 is 0 Å². The summed E-state index contributed by atoms with van der Waals surface area (Å²) in [6.07, 6.45) is 3.55.